The van der Waals surface area contributed by atoms with E-state index in [9.17, 15) is 9.90 Å². The lowest BCUT2D eigenvalue weighted by atomic mass is 9.82. The smallest absolute Gasteiger partial charge is 0.244 e. The Labute approximate surface area is 114 Å². The van der Waals surface area contributed by atoms with Crippen molar-refractivity contribution in [1.29, 1.82) is 0 Å². The number of hydrogen-bond donors (Lipinski definition) is 2. The van der Waals surface area contributed by atoms with Gasteiger partial charge in [-0.3, -0.25) is 4.79 Å². The zero-order valence-corrected chi connectivity index (χ0v) is 11.8. The maximum absolute atomic E-state index is 12.2. The molecule has 2 rings (SSSR count). The summed E-state index contributed by atoms with van der Waals surface area (Å²) < 4.78 is 0. The van der Waals surface area contributed by atoms with E-state index >= 15 is 0 Å². The second-order valence-corrected chi connectivity index (χ2v) is 5.84. The molecule has 0 aliphatic carbocycles. The highest BCUT2D eigenvalue weighted by atomic mass is 16.3. The number of carbonyl (C=O) groups excluding carboxylic acids is 1. The molecule has 0 radical (unpaired) electrons. The number of carbonyl (C=O) groups is 1. The standard InChI is InChI=1S/C15H22N2O2/c1-10(2)15(19)8-17(9-15)14(18)13(16)12-6-4-11(3)5-7-12/h4-7,10,13,19H,8-9,16H2,1-3H3. The minimum atomic E-state index is -0.747. The molecule has 1 aliphatic rings. The number of aryl methyl sites for hydroxylation is 1. The number of hydrogen-bond acceptors (Lipinski definition) is 3. The molecule has 1 aromatic rings. The fourth-order valence-electron chi connectivity index (χ4n) is 2.25. The van der Waals surface area contributed by atoms with Crippen LogP contribution in [-0.2, 0) is 4.79 Å². The number of benzene rings is 1. The lowest BCUT2D eigenvalue weighted by molar-refractivity contribution is -0.165. The Hall–Kier alpha value is -1.39. The molecule has 1 unspecified atom stereocenters. The molecule has 3 N–H and O–H groups in total. The maximum Gasteiger partial charge on any atom is 0.244 e. The number of rotatable bonds is 3. The van der Waals surface area contributed by atoms with Crippen molar-refractivity contribution >= 4 is 5.91 Å². The highest BCUT2D eigenvalue weighted by Crippen LogP contribution is 2.30. The van der Waals surface area contributed by atoms with Gasteiger partial charge < -0.3 is 15.7 Å². The van der Waals surface area contributed by atoms with Crippen molar-refractivity contribution in [3.8, 4) is 0 Å². The van der Waals surface area contributed by atoms with Crippen molar-refractivity contribution in [2.45, 2.75) is 32.4 Å². The third-order valence-electron chi connectivity index (χ3n) is 4.02. The number of β-amino-alcohol motifs (C(OH)–C–C–N with tert-alkyl or cyclic N) is 1. The van der Waals surface area contributed by atoms with Gasteiger partial charge in [-0.15, -0.1) is 0 Å². The summed E-state index contributed by atoms with van der Waals surface area (Å²) in [5.74, 6) is 0.0290. The zero-order valence-electron chi connectivity index (χ0n) is 11.8. The van der Waals surface area contributed by atoms with Crippen molar-refractivity contribution in [2.24, 2.45) is 11.7 Å². The molecule has 0 spiro atoms. The lowest BCUT2D eigenvalue weighted by Crippen LogP contribution is -2.67. The first kappa shape index (κ1) is 14.0. The molecule has 1 heterocycles. The third-order valence-corrected chi connectivity index (χ3v) is 4.02. The van der Waals surface area contributed by atoms with E-state index in [1.54, 1.807) is 4.90 Å². The summed E-state index contributed by atoms with van der Waals surface area (Å²) in [6.45, 7) is 6.67. The number of likely N-dealkylation sites (tertiary alicyclic amines) is 1. The van der Waals surface area contributed by atoms with Gasteiger partial charge in [0, 0.05) is 0 Å². The molecule has 4 heteroatoms. The van der Waals surface area contributed by atoms with Gasteiger partial charge in [0.1, 0.15) is 11.6 Å². The van der Waals surface area contributed by atoms with Crippen LogP contribution < -0.4 is 5.73 Å². The van der Waals surface area contributed by atoms with E-state index < -0.39 is 11.6 Å². The Morgan fingerprint density at radius 1 is 1.32 bits per heavy atom. The molecular weight excluding hydrogens is 240 g/mol. The van der Waals surface area contributed by atoms with Gasteiger partial charge >= 0.3 is 0 Å². The normalized spacial score (nSPS) is 19.2. The SMILES string of the molecule is Cc1ccc(C(N)C(=O)N2CC(O)(C(C)C)C2)cc1. The molecule has 4 nitrogen and oxygen atoms in total. The van der Waals surface area contributed by atoms with Crippen LogP contribution in [-0.4, -0.2) is 34.6 Å². The van der Waals surface area contributed by atoms with Crippen LogP contribution in [0.5, 0.6) is 0 Å². The second kappa shape index (κ2) is 4.94. The van der Waals surface area contributed by atoms with E-state index in [-0.39, 0.29) is 11.8 Å². The summed E-state index contributed by atoms with van der Waals surface area (Å²) in [7, 11) is 0. The quantitative estimate of drug-likeness (QED) is 0.861. The Balaban J connectivity index is 2.00. The van der Waals surface area contributed by atoms with Crippen molar-refractivity contribution in [2.75, 3.05) is 13.1 Å². The topological polar surface area (TPSA) is 66.6 Å². The van der Waals surface area contributed by atoms with Gasteiger partial charge in [0.15, 0.2) is 0 Å². The predicted molar refractivity (Wildman–Crippen MR) is 74.5 cm³/mol. The van der Waals surface area contributed by atoms with Gasteiger partial charge in [-0.05, 0) is 18.4 Å². The van der Waals surface area contributed by atoms with Crippen LogP contribution in [0.15, 0.2) is 24.3 Å². The molecule has 0 saturated carbocycles. The van der Waals surface area contributed by atoms with Crippen LogP contribution in [0.3, 0.4) is 0 Å². The molecule has 0 bridgehead atoms. The molecular formula is C15H22N2O2. The summed E-state index contributed by atoms with van der Waals surface area (Å²) in [6, 6.07) is 7.02. The zero-order chi connectivity index (χ0) is 14.2. The Morgan fingerprint density at radius 2 is 1.84 bits per heavy atom. The van der Waals surface area contributed by atoms with Crippen LogP contribution in [0.1, 0.15) is 31.0 Å². The average molecular weight is 262 g/mol. The van der Waals surface area contributed by atoms with E-state index in [2.05, 4.69) is 0 Å². The van der Waals surface area contributed by atoms with E-state index in [0.717, 1.165) is 11.1 Å². The summed E-state index contributed by atoms with van der Waals surface area (Å²) in [5.41, 5.74) is 7.20. The van der Waals surface area contributed by atoms with Crippen molar-refractivity contribution in [3.63, 3.8) is 0 Å². The molecule has 104 valence electrons. The Bertz CT molecular complexity index is 462. The fraction of sp³-hybridized carbons (Fsp3) is 0.533. The monoisotopic (exact) mass is 262 g/mol. The van der Waals surface area contributed by atoms with Gasteiger partial charge in [-0.2, -0.15) is 0 Å². The van der Waals surface area contributed by atoms with E-state index in [4.69, 9.17) is 5.73 Å². The van der Waals surface area contributed by atoms with Crippen LogP contribution >= 0.6 is 0 Å². The summed E-state index contributed by atoms with van der Waals surface area (Å²) in [4.78, 5) is 13.8. The first-order valence-electron chi connectivity index (χ1n) is 6.67. The molecule has 1 amide bonds. The Morgan fingerprint density at radius 3 is 2.32 bits per heavy atom. The van der Waals surface area contributed by atoms with Crippen LogP contribution in [0.2, 0.25) is 0 Å². The highest BCUT2D eigenvalue weighted by molar-refractivity contribution is 5.84. The van der Waals surface area contributed by atoms with E-state index in [0.29, 0.717) is 13.1 Å². The predicted octanol–water partition coefficient (Wildman–Crippen LogP) is 1.22. The number of amides is 1. The molecule has 1 aliphatic heterocycles. The molecule has 1 saturated heterocycles. The second-order valence-electron chi connectivity index (χ2n) is 5.84. The molecule has 1 aromatic carbocycles. The number of nitrogens with zero attached hydrogens (tertiary/aromatic N) is 1. The number of nitrogens with two attached hydrogens (primary N) is 1. The van der Waals surface area contributed by atoms with E-state index in [1.165, 1.54) is 0 Å². The van der Waals surface area contributed by atoms with Crippen LogP contribution in [0.25, 0.3) is 0 Å². The molecule has 1 fully saturated rings. The first-order valence-corrected chi connectivity index (χ1v) is 6.67. The Kier molecular flexibility index (Phi) is 3.65. The van der Waals surface area contributed by atoms with Gasteiger partial charge in [-0.25, -0.2) is 0 Å². The average Bonchev–Trinajstić information content (AvgIpc) is 2.34. The molecule has 0 aromatic heterocycles. The van der Waals surface area contributed by atoms with E-state index in [1.807, 2.05) is 45.0 Å². The van der Waals surface area contributed by atoms with Crippen molar-refractivity contribution < 1.29 is 9.90 Å². The first-order chi connectivity index (χ1) is 8.83. The van der Waals surface area contributed by atoms with Crippen LogP contribution in [0, 0.1) is 12.8 Å². The van der Waals surface area contributed by atoms with Crippen molar-refractivity contribution in [3.05, 3.63) is 35.4 Å². The summed E-state index contributed by atoms with van der Waals surface area (Å²) in [6.07, 6.45) is 0. The summed E-state index contributed by atoms with van der Waals surface area (Å²) in [5, 5.41) is 10.2. The molecule has 1 atom stereocenters. The minimum Gasteiger partial charge on any atom is -0.386 e. The van der Waals surface area contributed by atoms with Gasteiger partial charge in [0.05, 0.1) is 13.1 Å². The van der Waals surface area contributed by atoms with Gasteiger partial charge in [-0.1, -0.05) is 43.7 Å². The maximum atomic E-state index is 12.2. The largest absolute Gasteiger partial charge is 0.386 e. The van der Waals surface area contributed by atoms with Crippen LogP contribution in [0.4, 0.5) is 0 Å². The molecule has 19 heavy (non-hydrogen) atoms. The minimum absolute atomic E-state index is 0.117. The van der Waals surface area contributed by atoms with Gasteiger partial charge in [0.25, 0.3) is 0 Å². The van der Waals surface area contributed by atoms with Gasteiger partial charge in [0.2, 0.25) is 5.91 Å². The van der Waals surface area contributed by atoms with Crippen molar-refractivity contribution in [1.82, 2.24) is 4.90 Å². The highest BCUT2D eigenvalue weighted by Gasteiger charge is 2.46. The fourth-order valence-corrected chi connectivity index (χ4v) is 2.25. The lowest BCUT2D eigenvalue weighted by Gasteiger charge is -2.49. The number of aliphatic hydroxyl groups is 1. The third kappa shape index (κ3) is 2.65. The summed E-state index contributed by atoms with van der Waals surface area (Å²) >= 11 is 0.